The number of fused-ring (bicyclic) bond motifs is 4. The van der Waals surface area contributed by atoms with Crippen LogP contribution < -0.4 is 4.90 Å². The molecule has 3 heterocycles. The summed E-state index contributed by atoms with van der Waals surface area (Å²) in [5.41, 5.74) is 2.31. The van der Waals surface area contributed by atoms with Gasteiger partial charge in [-0.2, -0.15) is 0 Å². The standard InChI is InChI=1S/C34H51ClN2O4/c1-4-26-24-36-22-19-34(31(36)23-27(26)28(25-40-2)32(38)41-3)29-17-13-14-18-30(29)37(33(34)39)21-16-12-10-8-6-5-7-9-11-15-20-35/h13-14,17-18,25-27,31H,4-12,15-16,19-24H2,1-3H3/b28-25+/t26-,27-,31?,34+/m0/s1. The number of piperidine rings is 1. The van der Waals surface area contributed by atoms with E-state index in [2.05, 4.69) is 41.0 Å². The molecule has 0 aromatic heterocycles. The monoisotopic (exact) mass is 586 g/mol. The number of hydrogen-bond acceptors (Lipinski definition) is 5. The first-order chi connectivity index (χ1) is 20.0. The molecule has 0 radical (unpaired) electrons. The summed E-state index contributed by atoms with van der Waals surface area (Å²) in [7, 11) is 3.01. The maximum absolute atomic E-state index is 14.5. The zero-order valence-corrected chi connectivity index (χ0v) is 26.3. The van der Waals surface area contributed by atoms with E-state index in [1.54, 1.807) is 13.4 Å². The molecule has 0 N–H and O–H groups in total. The highest BCUT2D eigenvalue weighted by Gasteiger charge is 2.62. The molecule has 0 bridgehead atoms. The van der Waals surface area contributed by atoms with Crippen molar-refractivity contribution in [3.8, 4) is 0 Å². The van der Waals surface area contributed by atoms with Crippen molar-refractivity contribution in [2.24, 2.45) is 11.8 Å². The van der Waals surface area contributed by atoms with Crippen LogP contribution in [0.2, 0.25) is 0 Å². The number of nitrogens with zero attached hydrogens (tertiary/aromatic N) is 2. The summed E-state index contributed by atoms with van der Waals surface area (Å²) in [6, 6.07) is 8.51. The lowest BCUT2D eigenvalue weighted by molar-refractivity contribution is -0.137. The van der Waals surface area contributed by atoms with E-state index in [4.69, 9.17) is 21.1 Å². The molecule has 1 spiro atoms. The lowest BCUT2D eigenvalue weighted by Crippen LogP contribution is -2.55. The molecule has 41 heavy (non-hydrogen) atoms. The minimum atomic E-state index is -0.550. The largest absolute Gasteiger partial charge is 0.504 e. The van der Waals surface area contributed by atoms with Crippen LogP contribution in [0.5, 0.6) is 0 Å². The van der Waals surface area contributed by atoms with Crippen LogP contribution in [0, 0.1) is 11.8 Å². The molecule has 1 aromatic rings. The Hall–Kier alpha value is -2.05. The van der Waals surface area contributed by atoms with E-state index in [0.717, 1.165) is 69.7 Å². The molecule has 1 aromatic carbocycles. The van der Waals surface area contributed by atoms with Crippen molar-refractivity contribution in [3.63, 3.8) is 0 Å². The molecule has 3 aliphatic heterocycles. The maximum Gasteiger partial charge on any atom is 0.337 e. The van der Waals surface area contributed by atoms with E-state index in [9.17, 15) is 9.59 Å². The SMILES string of the molecule is CC[C@H]1CN2CC[C@]3(C(=O)N(CCCCCCCCCCCCCl)c4ccccc43)C2C[C@@H]1/C(=C\OC)C(=O)OC. The Kier molecular flexibility index (Phi) is 12.0. The number of unbranched alkanes of at least 4 members (excludes halogenated alkanes) is 9. The Morgan fingerprint density at radius 2 is 1.68 bits per heavy atom. The number of para-hydroxylation sites is 1. The maximum atomic E-state index is 14.5. The zero-order chi connectivity index (χ0) is 29.2. The van der Waals surface area contributed by atoms with Gasteiger partial charge in [-0.15, -0.1) is 11.6 Å². The first-order valence-electron chi connectivity index (χ1n) is 16.1. The summed E-state index contributed by atoms with van der Waals surface area (Å²) in [5.74, 6) is 1.02. The smallest absolute Gasteiger partial charge is 0.337 e. The molecule has 1 amide bonds. The van der Waals surface area contributed by atoms with Crippen LogP contribution in [0.15, 0.2) is 36.1 Å². The van der Waals surface area contributed by atoms with Gasteiger partial charge < -0.3 is 14.4 Å². The van der Waals surface area contributed by atoms with Gasteiger partial charge in [-0.25, -0.2) is 4.79 Å². The molecular weight excluding hydrogens is 536 g/mol. The fourth-order valence-electron chi connectivity index (χ4n) is 7.83. The van der Waals surface area contributed by atoms with E-state index >= 15 is 0 Å². The van der Waals surface area contributed by atoms with Crippen molar-refractivity contribution in [2.75, 3.05) is 44.6 Å². The fraction of sp³-hybridized carbons (Fsp3) is 0.706. The molecule has 3 aliphatic rings. The van der Waals surface area contributed by atoms with Crippen molar-refractivity contribution >= 4 is 29.2 Å². The van der Waals surface area contributed by atoms with E-state index < -0.39 is 5.41 Å². The number of esters is 1. The van der Waals surface area contributed by atoms with Gasteiger partial charge in [0.05, 0.1) is 31.5 Å². The summed E-state index contributed by atoms with van der Waals surface area (Å²) >= 11 is 5.77. The number of rotatable bonds is 16. The summed E-state index contributed by atoms with van der Waals surface area (Å²) in [4.78, 5) is 31.9. The molecule has 4 atom stereocenters. The lowest BCUT2D eigenvalue weighted by atomic mass is 9.67. The Balaban J connectivity index is 1.42. The number of amides is 1. The number of carbonyl (C=O) groups excluding carboxylic acids is 2. The van der Waals surface area contributed by atoms with Crippen LogP contribution in [0.1, 0.15) is 96.0 Å². The fourth-order valence-corrected chi connectivity index (χ4v) is 8.02. The van der Waals surface area contributed by atoms with Crippen molar-refractivity contribution in [2.45, 2.75) is 102 Å². The first-order valence-corrected chi connectivity index (χ1v) is 16.6. The summed E-state index contributed by atoms with van der Waals surface area (Å²) in [6.07, 6.45) is 16.4. The van der Waals surface area contributed by atoms with Gasteiger partial charge in [0.2, 0.25) is 5.91 Å². The van der Waals surface area contributed by atoms with E-state index in [1.165, 1.54) is 57.6 Å². The predicted octanol–water partition coefficient (Wildman–Crippen LogP) is 7.23. The molecule has 6 nitrogen and oxygen atoms in total. The molecule has 1 unspecified atom stereocenters. The van der Waals surface area contributed by atoms with Crippen LogP contribution in [0.3, 0.4) is 0 Å². The van der Waals surface area contributed by atoms with Crippen molar-refractivity contribution in [1.82, 2.24) is 4.90 Å². The molecule has 4 rings (SSSR count). The second-order valence-electron chi connectivity index (χ2n) is 12.2. The third-order valence-corrected chi connectivity index (χ3v) is 10.2. The molecular formula is C34H51ClN2O4. The topological polar surface area (TPSA) is 59.1 Å². The highest BCUT2D eigenvalue weighted by Crippen LogP contribution is 2.55. The third-order valence-electron chi connectivity index (χ3n) is 9.98. The highest BCUT2D eigenvalue weighted by atomic mass is 35.5. The number of anilines is 1. The quantitative estimate of drug-likeness (QED) is 0.0672. The van der Waals surface area contributed by atoms with E-state index in [0.29, 0.717) is 11.5 Å². The molecule has 228 valence electrons. The normalized spacial score (nSPS) is 26.0. The zero-order valence-electron chi connectivity index (χ0n) is 25.5. The Morgan fingerprint density at radius 3 is 2.32 bits per heavy atom. The van der Waals surface area contributed by atoms with Gasteiger partial charge in [-0.1, -0.05) is 82.9 Å². The summed E-state index contributed by atoms with van der Waals surface area (Å²) in [5, 5.41) is 0. The molecule has 0 saturated carbocycles. The number of hydrogen-bond donors (Lipinski definition) is 0. The number of benzene rings is 1. The molecule has 7 heteroatoms. The molecule has 0 aliphatic carbocycles. The van der Waals surface area contributed by atoms with Crippen molar-refractivity contribution in [3.05, 3.63) is 41.7 Å². The Bertz CT molecular complexity index is 1050. The van der Waals surface area contributed by atoms with Crippen LogP contribution in [-0.2, 0) is 24.5 Å². The minimum absolute atomic E-state index is 0.00188. The van der Waals surface area contributed by atoms with Gasteiger partial charge in [-0.3, -0.25) is 9.69 Å². The summed E-state index contributed by atoms with van der Waals surface area (Å²) < 4.78 is 10.5. The second kappa shape index (κ2) is 15.4. The molecule has 2 saturated heterocycles. The number of carbonyl (C=O) groups is 2. The van der Waals surface area contributed by atoms with Crippen LogP contribution >= 0.6 is 11.6 Å². The van der Waals surface area contributed by atoms with Gasteiger partial charge in [0, 0.05) is 30.7 Å². The van der Waals surface area contributed by atoms with Gasteiger partial charge in [-0.05, 0) is 55.7 Å². The van der Waals surface area contributed by atoms with Gasteiger partial charge in [0.25, 0.3) is 0 Å². The predicted molar refractivity (Wildman–Crippen MR) is 166 cm³/mol. The van der Waals surface area contributed by atoms with Gasteiger partial charge in [0.15, 0.2) is 0 Å². The van der Waals surface area contributed by atoms with Gasteiger partial charge in [0.1, 0.15) is 0 Å². The summed E-state index contributed by atoms with van der Waals surface area (Å²) in [6.45, 7) is 4.76. The Labute approximate surface area is 252 Å². The molecule has 2 fully saturated rings. The van der Waals surface area contributed by atoms with Crippen LogP contribution in [0.25, 0.3) is 0 Å². The van der Waals surface area contributed by atoms with E-state index in [1.807, 2.05) is 0 Å². The van der Waals surface area contributed by atoms with Crippen LogP contribution in [0.4, 0.5) is 5.69 Å². The number of alkyl halides is 1. The number of methoxy groups -OCH3 is 2. The average molecular weight is 587 g/mol. The van der Waals surface area contributed by atoms with Crippen molar-refractivity contribution in [1.29, 1.82) is 0 Å². The lowest BCUT2D eigenvalue weighted by Gasteiger charge is -2.45. The number of ether oxygens (including phenoxy) is 2. The first kappa shape index (κ1) is 31.9. The second-order valence-corrected chi connectivity index (χ2v) is 12.6. The van der Waals surface area contributed by atoms with Gasteiger partial charge >= 0.3 is 5.97 Å². The van der Waals surface area contributed by atoms with E-state index in [-0.39, 0.29) is 23.8 Å². The Morgan fingerprint density at radius 1 is 1.02 bits per heavy atom. The average Bonchev–Trinajstić information content (AvgIpc) is 3.49. The third kappa shape index (κ3) is 6.80. The minimum Gasteiger partial charge on any atom is -0.504 e. The van der Waals surface area contributed by atoms with Crippen LogP contribution in [-0.4, -0.2) is 62.6 Å². The van der Waals surface area contributed by atoms with Crippen molar-refractivity contribution < 1.29 is 19.1 Å². The number of halogens is 1. The highest BCUT2D eigenvalue weighted by molar-refractivity contribution is 6.17.